The Bertz CT molecular complexity index is 4650. The lowest BCUT2D eigenvalue weighted by atomic mass is 10.0. The zero-order valence-corrected chi connectivity index (χ0v) is 29.5. The number of thiophene rings is 1. The molecule has 0 atom stereocenters. The van der Waals surface area contributed by atoms with Gasteiger partial charge in [-0.1, -0.05) is 151 Å². The molecule has 0 spiro atoms. The van der Waals surface area contributed by atoms with Gasteiger partial charge < -0.3 is 0 Å². The molecule has 57 heavy (non-hydrogen) atoms. The molecule has 266 valence electrons. The van der Waals surface area contributed by atoms with Gasteiger partial charge in [0.15, 0.2) is 5.82 Å². The fourth-order valence-electron chi connectivity index (χ4n) is 7.06. The predicted octanol–water partition coefficient (Wildman–Crippen LogP) is 13.4. The monoisotopic (exact) mass is 769 g/mol. The molecule has 4 heterocycles. The van der Waals surface area contributed by atoms with Crippen LogP contribution in [0.25, 0.3) is 109 Å². The molecule has 0 N–H and O–H groups in total. The predicted molar refractivity (Wildman–Crippen MR) is 238 cm³/mol. The van der Waals surface area contributed by atoms with Gasteiger partial charge in [0, 0.05) is 47.3 Å². The van der Waals surface area contributed by atoms with E-state index < -0.39 is 223 Å². The van der Waals surface area contributed by atoms with E-state index in [0.29, 0.717) is 15.5 Å². The van der Waals surface area contributed by atoms with Gasteiger partial charge in [-0.2, -0.15) is 15.0 Å². The van der Waals surface area contributed by atoms with Gasteiger partial charge in [-0.15, -0.1) is 11.3 Å². The van der Waals surface area contributed by atoms with E-state index in [1.807, 2.05) is 24.3 Å². The Balaban J connectivity index is 1.35. The Kier molecular flexibility index (Phi) is 3.61. The van der Waals surface area contributed by atoms with Crippen molar-refractivity contribution in [3.05, 3.63) is 187 Å². The highest BCUT2D eigenvalue weighted by Gasteiger charge is 2.22. The third kappa shape index (κ3) is 4.98. The summed E-state index contributed by atoms with van der Waals surface area (Å²) in [6.07, 6.45) is 0. The topological polar surface area (TPSA) is 48.5 Å². The quantitative estimate of drug-likeness (QED) is 0.175. The molecule has 0 bridgehead atoms. The summed E-state index contributed by atoms with van der Waals surface area (Å²) in [5.74, 6) is -1.60. The lowest BCUT2D eigenvalue weighted by Gasteiger charge is -2.14. The third-order valence-corrected chi connectivity index (χ3v) is 10.6. The summed E-state index contributed by atoms with van der Waals surface area (Å²) in [5, 5.41) is -0.526. The molecule has 4 aromatic heterocycles. The van der Waals surface area contributed by atoms with E-state index in [1.54, 1.807) is 18.2 Å². The standard InChI is InChI=1S/C51H31N5S/c1-3-14-32(15-4-1)34-26-28-38-36-18-7-10-22-42(36)55(44(38)30-34)50-52-49(41-21-13-25-47-48(41)40-20-9-12-24-46(40)57-47)53-51(54-50)56-43-23-11-8-19-37(43)39-29-27-35(31-45(39)56)33-16-5-2-6-17-33/h1-31H/i1D,2D,3D,4D,5D,6D,7D,8D,10D,11D,14D,15D,16D,17D,18D,19D,22D,23D,26D,27D,28D,29D,30D,31D. The summed E-state index contributed by atoms with van der Waals surface area (Å²) >= 11 is 1.40. The molecule has 12 aromatic rings. The van der Waals surface area contributed by atoms with Crippen molar-refractivity contribution in [2.24, 2.45) is 0 Å². The van der Waals surface area contributed by atoms with Crippen LogP contribution in [0, 0.1) is 0 Å². The first-order chi connectivity index (χ1) is 38.3. The lowest BCUT2D eigenvalue weighted by molar-refractivity contribution is 0.893. The average Bonchev–Trinajstić information content (AvgIpc) is 4.34. The summed E-state index contributed by atoms with van der Waals surface area (Å²) in [5.41, 5.74) is -4.54. The Morgan fingerprint density at radius 1 is 0.404 bits per heavy atom. The van der Waals surface area contributed by atoms with E-state index >= 15 is 0 Å². The highest BCUT2D eigenvalue weighted by Crippen LogP contribution is 2.41. The van der Waals surface area contributed by atoms with E-state index in [9.17, 15) is 13.7 Å². The molecular weight excluding hydrogens is 715 g/mol. The zero-order chi connectivity index (χ0) is 58.3. The second-order valence-electron chi connectivity index (χ2n) is 12.6. The number of para-hydroxylation sites is 2. The van der Waals surface area contributed by atoms with E-state index in [2.05, 4.69) is 0 Å². The van der Waals surface area contributed by atoms with Crippen LogP contribution in [0.4, 0.5) is 0 Å². The van der Waals surface area contributed by atoms with Crippen LogP contribution in [-0.2, 0) is 0 Å². The molecule has 6 heteroatoms. The van der Waals surface area contributed by atoms with Crippen LogP contribution in [0.2, 0.25) is 0 Å². The summed E-state index contributed by atoms with van der Waals surface area (Å²) in [6.45, 7) is 0. The fourth-order valence-corrected chi connectivity index (χ4v) is 8.19. The first kappa shape index (κ1) is 16.4. The highest BCUT2D eigenvalue weighted by atomic mass is 32.1. The van der Waals surface area contributed by atoms with Crippen molar-refractivity contribution in [1.82, 2.24) is 24.1 Å². The minimum absolute atomic E-state index is 0.251. The number of hydrogen-bond acceptors (Lipinski definition) is 4. The van der Waals surface area contributed by atoms with E-state index in [1.165, 1.54) is 11.3 Å². The summed E-state index contributed by atoms with van der Waals surface area (Å²) in [4.78, 5) is 14.7. The number of nitrogens with zero attached hydrogens (tertiary/aromatic N) is 5. The highest BCUT2D eigenvalue weighted by molar-refractivity contribution is 7.25. The van der Waals surface area contributed by atoms with E-state index in [-0.39, 0.29) is 11.4 Å². The van der Waals surface area contributed by atoms with Crippen LogP contribution in [-0.4, -0.2) is 24.1 Å². The number of aromatic nitrogens is 5. The van der Waals surface area contributed by atoms with Crippen LogP contribution in [0.3, 0.4) is 0 Å². The Labute approximate surface area is 365 Å². The molecule has 5 nitrogen and oxygen atoms in total. The van der Waals surface area contributed by atoms with Crippen molar-refractivity contribution in [3.63, 3.8) is 0 Å². The summed E-state index contributed by atoms with van der Waals surface area (Å²) < 4.78 is 220. The molecule has 0 aliphatic rings. The summed E-state index contributed by atoms with van der Waals surface area (Å²) in [6, 6.07) is -7.39. The third-order valence-electron chi connectivity index (χ3n) is 9.47. The van der Waals surface area contributed by atoms with E-state index in [4.69, 9.17) is 34.1 Å². The van der Waals surface area contributed by atoms with Gasteiger partial charge in [-0.25, -0.2) is 0 Å². The minimum Gasteiger partial charge on any atom is -0.278 e. The molecule has 0 saturated heterocycles. The smallest absolute Gasteiger partial charge is 0.240 e. The molecular formula is C51H31N5S. The molecule has 0 aliphatic heterocycles. The maximum absolute atomic E-state index is 9.96. The zero-order valence-electron chi connectivity index (χ0n) is 52.7. The average molecular weight is 770 g/mol. The number of rotatable bonds is 5. The van der Waals surface area contributed by atoms with Gasteiger partial charge in [0.05, 0.1) is 55.0 Å². The van der Waals surface area contributed by atoms with Crippen LogP contribution >= 0.6 is 11.3 Å². The van der Waals surface area contributed by atoms with Gasteiger partial charge in [0.1, 0.15) is 0 Å². The van der Waals surface area contributed by atoms with Crippen molar-refractivity contribution in [1.29, 1.82) is 0 Å². The fraction of sp³-hybridized carbons (Fsp3) is 0. The molecule has 0 radical (unpaired) electrons. The molecule has 0 saturated carbocycles. The summed E-state index contributed by atoms with van der Waals surface area (Å²) in [7, 11) is 0. The molecule has 0 amide bonds. The molecule has 0 unspecified atom stereocenters. The maximum atomic E-state index is 9.96. The van der Waals surface area contributed by atoms with Crippen molar-refractivity contribution < 1.29 is 32.9 Å². The Morgan fingerprint density at radius 2 is 0.912 bits per heavy atom. The van der Waals surface area contributed by atoms with Gasteiger partial charge in [-0.05, 0) is 58.6 Å². The van der Waals surface area contributed by atoms with Gasteiger partial charge in [-0.3, -0.25) is 9.13 Å². The number of benzene rings is 8. The lowest BCUT2D eigenvalue weighted by Crippen LogP contribution is -2.10. The minimum atomic E-state index is -0.859. The largest absolute Gasteiger partial charge is 0.278 e. The van der Waals surface area contributed by atoms with Gasteiger partial charge in [0.2, 0.25) is 11.9 Å². The van der Waals surface area contributed by atoms with Crippen molar-refractivity contribution in [2.75, 3.05) is 0 Å². The number of hydrogen-bond donors (Lipinski definition) is 0. The molecule has 12 rings (SSSR count). The van der Waals surface area contributed by atoms with Gasteiger partial charge >= 0.3 is 0 Å². The van der Waals surface area contributed by atoms with Gasteiger partial charge in [0.25, 0.3) is 0 Å². The van der Waals surface area contributed by atoms with Crippen molar-refractivity contribution in [2.45, 2.75) is 0 Å². The SMILES string of the molecule is [2H]c1c([2H])c([2H])c(-c2c([2H])c([2H])c3c4c([2H])c([2H])c([2H])c([2H])c4n(-c4nc(-c5cccc6sc7ccccc7c56)nc(-n5c6c([2H])c([2H])c([2H])c([2H])c6c6c([2H])c([2H])c(-c7c([2H])c([2H])c([2H])c([2H])c7[2H])c([2H])c65)n4)c3c2[2H])c([2H])c1[2H]. The van der Waals surface area contributed by atoms with Crippen LogP contribution in [0.15, 0.2) is 187 Å². The van der Waals surface area contributed by atoms with E-state index in [0.717, 1.165) is 13.8 Å². The van der Waals surface area contributed by atoms with Crippen molar-refractivity contribution >= 4 is 75.1 Å². The Hall–Kier alpha value is -7.41. The second-order valence-corrected chi connectivity index (χ2v) is 13.7. The normalized spacial score (nSPS) is 17.8. The maximum Gasteiger partial charge on any atom is 0.240 e. The van der Waals surface area contributed by atoms with Crippen LogP contribution in [0.5, 0.6) is 0 Å². The first-order valence-electron chi connectivity index (χ1n) is 29.2. The molecule has 0 aliphatic carbocycles. The second kappa shape index (κ2) is 12.6. The van der Waals surface area contributed by atoms with Crippen LogP contribution < -0.4 is 0 Å². The van der Waals surface area contributed by atoms with Crippen molar-refractivity contribution in [3.8, 4) is 45.5 Å². The molecule has 8 aromatic carbocycles. The molecule has 0 fully saturated rings. The first-order valence-corrected chi connectivity index (χ1v) is 18.0. The Morgan fingerprint density at radius 3 is 1.51 bits per heavy atom. The van der Waals surface area contributed by atoms with Crippen LogP contribution in [0.1, 0.15) is 32.9 Å². The number of fused-ring (bicyclic) bond motifs is 9.